The first-order chi connectivity index (χ1) is 13.4. The number of hydroxylamine groups is 1. The van der Waals surface area contributed by atoms with Crippen molar-refractivity contribution in [3.05, 3.63) is 38.6 Å². The maximum Gasteiger partial charge on any atom is 0.283 e. The number of unbranched alkanes of at least 4 members (excludes halogenated alkanes) is 1. The number of hydrogen-bond donors (Lipinski definition) is 1. The van der Waals surface area contributed by atoms with Crippen molar-refractivity contribution in [3.8, 4) is 5.75 Å². The van der Waals surface area contributed by atoms with Crippen LogP contribution in [0, 0.1) is 0 Å². The molecule has 0 aliphatic rings. The average molecular weight is 439 g/mol. The van der Waals surface area contributed by atoms with Gasteiger partial charge in [-0.1, -0.05) is 57.1 Å². The van der Waals surface area contributed by atoms with E-state index in [4.69, 9.17) is 21.5 Å². The zero-order chi connectivity index (χ0) is 21.8. The zero-order valence-corrected chi connectivity index (χ0v) is 19.9. The fourth-order valence-corrected chi connectivity index (χ4v) is 3.42. The summed E-state index contributed by atoms with van der Waals surface area (Å²) in [6.07, 6.45) is 2.00. The van der Waals surface area contributed by atoms with Crippen LogP contribution in [0.25, 0.3) is 0 Å². The van der Waals surface area contributed by atoms with Crippen LogP contribution in [0.5, 0.6) is 5.75 Å². The lowest BCUT2D eigenvalue weighted by atomic mass is 9.98. The second kappa shape index (κ2) is 9.41. The number of rotatable bonds is 6. The molecule has 0 radical (unpaired) electrons. The van der Waals surface area contributed by atoms with Gasteiger partial charge in [0, 0.05) is 22.5 Å². The molecule has 0 aliphatic carbocycles. The highest BCUT2D eigenvalue weighted by Crippen LogP contribution is 2.25. The van der Waals surface area contributed by atoms with Gasteiger partial charge in [0.15, 0.2) is 5.75 Å². The first-order valence-electron chi connectivity index (χ1n) is 9.82. The summed E-state index contributed by atoms with van der Waals surface area (Å²) in [5.74, 6) is -0.0219. The molecule has 1 aromatic heterocycles. The summed E-state index contributed by atoms with van der Waals surface area (Å²) in [6, 6.07) is 4.93. The predicted molar refractivity (Wildman–Crippen MR) is 119 cm³/mol. The molecule has 0 saturated heterocycles. The van der Waals surface area contributed by atoms with Crippen molar-refractivity contribution < 1.29 is 9.63 Å². The molecule has 160 valence electrons. The van der Waals surface area contributed by atoms with Crippen molar-refractivity contribution in [2.75, 3.05) is 0 Å². The number of carbonyl (C=O) groups excluding carboxylic acids is 1. The van der Waals surface area contributed by atoms with Crippen LogP contribution in [0.3, 0.4) is 0 Å². The SMILES string of the molecule is CCCCn1nc(C(C)(C)C)sc1=NC(=O)c1cc(Cl)ccc1ONC(C)(C)C. The van der Waals surface area contributed by atoms with Crippen LogP contribution in [0.2, 0.25) is 5.02 Å². The monoisotopic (exact) mass is 438 g/mol. The molecule has 8 heteroatoms. The maximum atomic E-state index is 13.0. The Morgan fingerprint density at radius 2 is 1.97 bits per heavy atom. The highest BCUT2D eigenvalue weighted by Gasteiger charge is 2.21. The lowest BCUT2D eigenvalue weighted by Gasteiger charge is -2.21. The van der Waals surface area contributed by atoms with Crippen LogP contribution in [-0.4, -0.2) is 21.2 Å². The van der Waals surface area contributed by atoms with Gasteiger partial charge in [0.1, 0.15) is 5.01 Å². The third-order valence-corrected chi connectivity index (χ3v) is 5.43. The third-order valence-electron chi connectivity index (χ3n) is 3.82. The molecule has 0 saturated carbocycles. The van der Waals surface area contributed by atoms with E-state index in [1.807, 2.05) is 25.5 Å². The number of nitrogens with one attached hydrogen (secondary N) is 1. The molecular weight excluding hydrogens is 408 g/mol. The summed E-state index contributed by atoms with van der Waals surface area (Å²) in [4.78, 5) is 23.7. The smallest absolute Gasteiger partial charge is 0.283 e. The summed E-state index contributed by atoms with van der Waals surface area (Å²) in [7, 11) is 0. The van der Waals surface area contributed by atoms with Gasteiger partial charge >= 0.3 is 0 Å². The fourth-order valence-electron chi connectivity index (χ4n) is 2.26. The highest BCUT2D eigenvalue weighted by atomic mass is 35.5. The van der Waals surface area contributed by atoms with Gasteiger partial charge < -0.3 is 4.84 Å². The van der Waals surface area contributed by atoms with E-state index in [0.29, 0.717) is 21.1 Å². The molecular formula is C21H31ClN4O2S. The average Bonchev–Trinajstić information content (AvgIpc) is 3.01. The first-order valence-corrected chi connectivity index (χ1v) is 11.0. The van der Waals surface area contributed by atoms with Crippen molar-refractivity contribution in [1.82, 2.24) is 15.3 Å². The molecule has 29 heavy (non-hydrogen) atoms. The molecule has 1 N–H and O–H groups in total. The lowest BCUT2D eigenvalue weighted by molar-refractivity contribution is 0.0963. The van der Waals surface area contributed by atoms with E-state index in [0.717, 1.165) is 24.4 Å². The normalized spacial score (nSPS) is 13.0. The van der Waals surface area contributed by atoms with Gasteiger partial charge in [-0.3, -0.25) is 4.79 Å². The largest absolute Gasteiger partial charge is 0.407 e. The molecule has 1 amide bonds. The molecule has 0 atom stereocenters. The Hall–Kier alpha value is -1.70. The number of nitrogens with zero attached hydrogens (tertiary/aromatic N) is 3. The summed E-state index contributed by atoms with van der Waals surface area (Å²) in [6.45, 7) is 15.1. The molecule has 2 aromatic rings. The molecule has 6 nitrogen and oxygen atoms in total. The van der Waals surface area contributed by atoms with Crippen molar-refractivity contribution in [2.45, 2.75) is 78.8 Å². The number of carbonyl (C=O) groups is 1. The number of aromatic nitrogens is 2. The van der Waals surface area contributed by atoms with Gasteiger partial charge in [-0.2, -0.15) is 15.6 Å². The van der Waals surface area contributed by atoms with E-state index in [9.17, 15) is 4.79 Å². The summed E-state index contributed by atoms with van der Waals surface area (Å²) in [5.41, 5.74) is 2.84. The highest BCUT2D eigenvalue weighted by molar-refractivity contribution is 7.09. The number of amides is 1. The van der Waals surface area contributed by atoms with Crippen LogP contribution in [0.4, 0.5) is 0 Å². The molecule has 0 aliphatic heterocycles. The van der Waals surface area contributed by atoms with Gasteiger partial charge in [0.2, 0.25) is 4.80 Å². The van der Waals surface area contributed by atoms with Gasteiger partial charge in [0.25, 0.3) is 5.91 Å². The molecule has 0 fully saturated rings. The third kappa shape index (κ3) is 6.94. The van der Waals surface area contributed by atoms with Crippen LogP contribution in [-0.2, 0) is 12.0 Å². The van der Waals surface area contributed by atoms with Crippen molar-refractivity contribution in [1.29, 1.82) is 0 Å². The molecule has 0 bridgehead atoms. The number of aryl methyl sites for hydroxylation is 1. The molecule has 0 spiro atoms. The summed E-state index contributed by atoms with van der Waals surface area (Å²) >= 11 is 7.58. The minimum Gasteiger partial charge on any atom is -0.407 e. The number of halogens is 1. The molecule has 1 heterocycles. The predicted octanol–water partition coefficient (Wildman–Crippen LogP) is 5.12. The van der Waals surface area contributed by atoms with E-state index < -0.39 is 5.91 Å². The van der Waals surface area contributed by atoms with E-state index in [1.165, 1.54) is 11.3 Å². The lowest BCUT2D eigenvalue weighted by Crippen LogP contribution is -2.38. The Labute approximate surface area is 181 Å². The summed E-state index contributed by atoms with van der Waals surface area (Å²) in [5, 5.41) is 6.08. The van der Waals surface area contributed by atoms with Gasteiger partial charge in [-0.25, -0.2) is 4.68 Å². The van der Waals surface area contributed by atoms with E-state index in [2.05, 4.69) is 38.2 Å². The second-order valence-corrected chi connectivity index (χ2v) is 10.4. The van der Waals surface area contributed by atoms with Crippen LogP contribution in [0.15, 0.2) is 23.2 Å². The van der Waals surface area contributed by atoms with Crippen LogP contribution in [0.1, 0.15) is 76.7 Å². The minimum atomic E-state index is -0.410. The fraction of sp³-hybridized carbons (Fsp3) is 0.571. The van der Waals surface area contributed by atoms with Gasteiger partial charge in [0.05, 0.1) is 5.56 Å². The quantitative estimate of drug-likeness (QED) is 0.635. The minimum absolute atomic E-state index is 0.115. The first kappa shape index (κ1) is 23.6. The van der Waals surface area contributed by atoms with Gasteiger partial charge in [-0.15, -0.1) is 0 Å². The van der Waals surface area contributed by atoms with Crippen molar-refractivity contribution >= 4 is 28.8 Å². The molecule has 1 aromatic carbocycles. The van der Waals surface area contributed by atoms with E-state index in [-0.39, 0.29) is 11.0 Å². The Balaban J connectivity index is 2.46. The van der Waals surface area contributed by atoms with Crippen LogP contribution >= 0.6 is 22.9 Å². The Morgan fingerprint density at radius 3 is 2.55 bits per heavy atom. The topological polar surface area (TPSA) is 68.5 Å². The maximum absolute atomic E-state index is 13.0. The summed E-state index contributed by atoms with van der Waals surface area (Å²) < 4.78 is 1.82. The number of benzene rings is 1. The Morgan fingerprint density at radius 1 is 1.28 bits per heavy atom. The Bertz CT molecular complexity index is 920. The van der Waals surface area contributed by atoms with Crippen molar-refractivity contribution in [2.24, 2.45) is 4.99 Å². The van der Waals surface area contributed by atoms with E-state index in [1.54, 1.807) is 18.2 Å². The zero-order valence-electron chi connectivity index (χ0n) is 18.3. The van der Waals surface area contributed by atoms with E-state index >= 15 is 0 Å². The second-order valence-electron chi connectivity index (χ2n) is 9.03. The Kier molecular flexibility index (Phi) is 7.65. The molecule has 0 unspecified atom stereocenters. The van der Waals surface area contributed by atoms with Crippen LogP contribution < -0.4 is 15.1 Å². The van der Waals surface area contributed by atoms with Crippen molar-refractivity contribution in [3.63, 3.8) is 0 Å². The van der Waals surface area contributed by atoms with Gasteiger partial charge in [-0.05, 0) is 45.4 Å². The number of hydrogen-bond acceptors (Lipinski definition) is 5. The standard InChI is InChI=1S/C21H31ClN4O2S/c1-8-9-12-26-19(29-18(24-26)20(2,3)4)23-17(27)15-13-14(22)10-11-16(15)28-25-21(5,6)7/h10-11,13,25H,8-9,12H2,1-7H3. The molecule has 2 rings (SSSR count).